The Bertz CT molecular complexity index is 1330. The Labute approximate surface area is 201 Å². The van der Waals surface area contributed by atoms with Crippen LogP contribution in [-0.2, 0) is 6.54 Å². The van der Waals surface area contributed by atoms with E-state index < -0.39 is 0 Å². The van der Waals surface area contributed by atoms with E-state index in [-0.39, 0.29) is 6.04 Å². The zero-order valence-corrected chi connectivity index (χ0v) is 19.7. The SMILES string of the molecule is CC1=C(c2nc(-c3cccc(Cl)c3)no2)C(c2ccc(C)cc2)NC(=S)N1Cc1ccco1. The van der Waals surface area contributed by atoms with Crippen molar-refractivity contribution in [3.05, 3.63) is 100 Å². The van der Waals surface area contributed by atoms with Gasteiger partial charge in [-0.25, -0.2) is 0 Å². The number of hydrogen-bond acceptors (Lipinski definition) is 5. The van der Waals surface area contributed by atoms with E-state index in [1.54, 1.807) is 6.26 Å². The molecule has 2 aromatic carbocycles. The van der Waals surface area contributed by atoms with Crippen LogP contribution in [0.1, 0.15) is 35.7 Å². The standard InChI is InChI=1S/C25H21ClN4O2S/c1-15-8-10-17(11-9-15)22-21(16(2)30(25(33)27-22)14-20-7-4-12-31-20)24-28-23(29-32-24)18-5-3-6-19(26)13-18/h3-13,22H,14H2,1-2H3,(H,27,33). The van der Waals surface area contributed by atoms with Crippen LogP contribution in [-0.4, -0.2) is 20.2 Å². The highest BCUT2D eigenvalue weighted by molar-refractivity contribution is 7.80. The van der Waals surface area contributed by atoms with Crippen LogP contribution in [0.5, 0.6) is 0 Å². The third kappa shape index (κ3) is 4.29. The summed E-state index contributed by atoms with van der Waals surface area (Å²) >= 11 is 11.9. The van der Waals surface area contributed by atoms with Gasteiger partial charge in [0.1, 0.15) is 5.76 Å². The molecule has 1 aliphatic heterocycles. The molecule has 1 aliphatic rings. The molecule has 0 radical (unpaired) electrons. The molecule has 0 amide bonds. The molecule has 33 heavy (non-hydrogen) atoms. The van der Waals surface area contributed by atoms with Crippen molar-refractivity contribution in [3.63, 3.8) is 0 Å². The highest BCUT2D eigenvalue weighted by Gasteiger charge is 2.34. The van der Waals surface area contributed by atoms with Gasteiger partial charge in [0.25, 0.3) is 5.89 Å². The van der Waals surface area contributed by atoms with Crippen molar-refractivity contribution < 1.29 is 8.94 Å². The molecular formula is C25H21ClN4O2S. The summed E-state index contributed by atoms with van der Waals surface area (Å²) in [7, 11) is 0. The Morgan fingerprint density at radius 2 is 1.91 bits per heavy atom. The van der Waals surface area contributed by atoms with Crippen LogP contribution < -0.4 is 5.32 Å². The molecule has 1 N–H and O–H groups in total. The number of thiocarbonyl (C=S) groups is 1. The van der Waals surface area contributed by atoms with Crippen LogP contribution in [0.2, 0.25) is 5.02 Å². The lowest BCUT2D eigenvalue weighted by molar-refractivity contribution is 0.382. The van der Waals surface area contributed by atoms with Gasteiger partial charge in [-0.15, -0.1) is 0 Å². The first-order valence-corrected chi connectivity index (χ1v) is 11.3. The van der Waals surface area contributed by atoms with Gasteiger partial charge >= 0.3 is 0 Å². The first-order chi connectivity index (χ1) is 16.0. The molecule has 166 valence electrons. The van der Waals surface area contributed by atoms with Crippen LogP contribution in [0, 0.1) is 6.92 Å². The minimum atomic E-state index is -0.237. The first-order valence-electron chi connectivity index (χ1n) is 10.5. The van der Waals surface area contributed by atoms with Crippen LogP contribution in [0.15, 0.2) is 81.6 Å². The Morgan fingerprint density at radius 1 is 1.09 bits per heavy atom. The fourth-order valence-corrected chi connectivity index (χ4v) is 4.40. The van der Waals surface area contributed by atoms with E-state index in [4.69, 9.17) is 37.7 Å². The predicted molar refractivity (Wildman–Crippen MR) is 131 cm³/mol. The van der Waals surface area contributed by atoms with E-state index in [1.807, 2.05) is 48.2 Å². The molecule has 0 fully saturated rings. The van der Waals surface area contributed by atoms with Gasteiger partial charge in [0.05, 0.1) is 24.4 Å². The smallest absolute Gasteiger partial charge is 0.258 e. The number of allylic oxidation sites excluding steroid dienone is 1. The Hall–Kier alpha value is -3.42. The van der Waals surface area contributed by atoms with E-state index in [9.17, 15) is 0 Å². The van der Waals surface area contributed by atoms with E-state index in [0.29, 0.717) is 28.4 Å². The van der Waals surface area contributed by atoms with Gasteiger partial charge in [-0.2, -0.15) is 4.98 Å². The van der Waals surface area contributed by atoms with Gasteiger partial charge in [0.2, 0.25) is 5.82 Å². The zero-order valence-electron chi connectivity index (χ0n) is 18.1. The topological polar surface area (TPSA) is 67.3 Å². The van der Waals surface area contributed by atoms with Crippen LogP contribution >= 0.6 is 23.8 Å². The normalized spacial score (nSPS) is 16.3. The molecule has 8 heteroatoms. The van der Waals surface area contributed by atoms with Gasteiger partial charge < -0.3 is 19.2 Å². The van der Waals surface area contributed by atoms with E-state index in [2.05, 4.69) is 41.7 Å². The summed E-state index contributed by atoms with van der Waals surface area (Å²) in [5.41, 5.74) is 4.80. The lowest BCUT2D eigenvalue weighted by Gasteiger charge is -2.37. The number of aryl methyl sites for hydroxylation is 1. The zero-order chi connectivity index (χ0) is 22.9. The fraction of sp³-hybridized carbons (Fsp3) is 0.160. The Balaban J connectivity index is 1.60. The molecule has 0 spiro atoms. The van der Waals surface area contributed by atoms with E-state index in [1.165, 1.54) is 5.56 Å². The molecular weight excluding hydrogens is 456 g/mol. The average molecular weight is 477 g/mol. The molecule has 6 nitrogen and oxygen atoms in total. The second-order valence-electron chi connectivity index (χ2n) is 7.89. The highest BCUT2D eigenvalue weighted by Crippen LogP contribution is 2.38. The summed E-state index contributed by atoms with van der Waals surface area (Å²) in [6, 6.07) is 19.2. The minimum Gasteiger partial charge on any atom is -0.467 e. The molecule has 3 heterocycles. The summed E-state index contributed by atoms with van der Waals surface area (Å²) in [6.07, 6.45) is 1.65. The Kier molecular flexibility index (Phi) is 5.74. The molecule has 0 saturated heterocycles. The summed E-state index contributed by atoms with van der Waals surface area (Å²) in [6.45, 7) is 4.56. The van der Waals surface area contributed by atoms with Gasteiger partial charge in [0.15, 0.2) is 5.11 Å². The first kappa shape index (κ1) is 21.4. The minimum absolute atomic E-state index is 0.237. The second-order valence-corrected chi connectivity index (χ2v) is 8.71. The molecule has 1 unspecified atom stereocenters. The maximum absolute atomic E-state index is 6.16. The molecule has 5 rings (SSSR count). The van der Waals surface area contributed by atoms with Crippen molar-refractivity contribution in [1.29, 1.82) is 0 Å². The molecule has 0 saturated carbocycles. The third-order valence-corrected chi connectivity index (χ3v) is 6.21. The highest BCUT2D eigenvalue weighted by atomic mass is 35.5. The number of nitrogens with one attached hydrogen (secondary N) is 1. The number of nitrogens with zero attached hydrogens (tertiary/aromatic N) is 3. The van der Waals surface area contributed by atoms with Crippen molar-refractivity contribution in [2.45, 2.75) is 26.4 Å². The summed E-state index contributed by atoms with van der Waals surface area (Å²) in [4.78, 5) is 6.70. The van der Waals surface area contributed by atoms with Crippen molar-refractivity contribution in [2.75, 3.05) is 0 Å². The lowest BCUT2D eigenvalue weighted by Crippen LogP contribution is -2.45. The summed E-state index contributed by atoms with van der Waals surface area (Å²) < 4.78 is 11.3. The quantitative estimate of drug-likeness (QED) is 0.346. The van der Waals surface area contributed by atoms with Gasteiger partial charge in [-0.1, -0.05) is 58.7 Å². The van der Waals surface area contributed by atoms with E-state index in [0.717, 1.165) is 28.2 Å². The van der Waals surface area contributed by atoms with Gasteiger partial charge in [0, 0.05) is 16.3 Å². The largest absolute Gasteiger partial charge is 0.467 e. The number of aromatic nitrogens is 2. The molecule has 2 aromatic heterocycles. The van der Waals surface area contributed by atoms with Crippen LogP contribution in [0.4, 0.5) is 0 Å². The van der Waals surface area contributed by atoms with Gasteiger partial charge in [-0.3, -0.25) is 0 Å². The number of furan rings is 1. The van der Waals surface area contributed by atoms with E-state index >= 15 is 0 Å². The maximum atomic E-state index is 6.16. The van der Waals surface area contributed by atoms with Crippen molar-refractivity contribution in [2.24, 2.45) is 0 Å². The van der Waals surface area contributed by atoms with Crippen LogP contribution in [0.3, 0.4) is 0 Å². The third-order valence-electron chi connectivity index (χ3n) is 5.64. The van der Waals surface area contributed by atoms with Crippen molar-refractivity contribution >= 4 is 34.5 Å². The molecule has 0 aliphatic carbocycles. The van der Waals surface area contributed by atoms with Crippen molar-refractivity contribution in [1.82, 2.24) is 20.4 Å². The van der Waals surface area contributed by atoms with Crippen molar-refractivity contribution in [3.8, 4) is 11.4 Å². The predicted octanol–water partition coefficient (Wildman–Crippen LogP) is 6.15. The number of halogens is 1. The van der Waals surface area contributed by atoms with Crippen LogP contribution in [0.25, 0.3) is 17.0 Å². The monoisotopic (exact) mass is 476 g/mol. The lowest BCUT2D eigenvalue weighted by atomic mass is 9.94. The molecule has 4 aromatic rings. The molecule has 1 atom stereocenters. The molecule has 0 bridgehead atoms. The summed E-state index contributed by atoms with van der Waals surface area (Å²) in [5, 5.41) is 8.90. The fourth-order valence-electron chi connectivity index (χ4n) is 3.89. The second kappa shape index (κ2) is 8.84. The number of hydrogen-bond donors (Lipinski definition) is 1. The van der Waals surface area contributed by atoms with Gasteiger partial charge in [-0.05, 0) is 55.9 Å². The number of rotatable bonds is 5. The summed E-state index contributed by atoms with van der Waals surface area (Å²) in [5.74, 6) is 1.70. The average Bonchev–Trinajstić information content (AvgIpc) is 3.49. The maximum Gasteiger partial charge on any atom is 0.258 e. The Morgan fingerprint density at radius 3 is 2.64 bits per heavy atom. The number of benzene rings is 2.